The van der Waals surface area contributed by atoms with Crippen LogP contribution in [-0.2, 0) is 4.79 Å². The van der Waals surface area contributed by atoms with E-state index in [9.17, 15) is 13.6 Å². The summed E-state index contributed by atoms with van der Waals surface area (Å²) >= 11 is 6.98. The Hall–Kier alpha value is -1.79. The number of thioether (sulfide) groups is 1. The van der Waals surface area contributed by atoms with Gasteiger partial charge in [0.1, 0.15) is 11.6 Å². The van der Waals surface area contributed by atoms with Gasteiger partial charge in [0, 0.05) is 21.7 Å². The molecule has 0 aromatic heterocycles. The average Bonchev–Trinajstić information content (AvgIpc) is 2.41. The molecule has 0 bridgehead atoms. The quantitative estimate of drug-likeness (QED) is 0.660. The zero-order valence-corrected chi connectivity index (χ0v) is 12.3. The number of nitrogens with one attached hydrogen (secondary N) is 1. The number of rotatable bonds is 4. The van der Waals surface area contributed by atoms with Gasteiger partial charge in [0.2, 0.25) is 5.91 Å². The third-order valence-corrected chi connectivity index (χ3v) is 3.86. The lowest BCUT2D eigenvalue weighted by molar-refractivity contribution is -0.113. The van der Waals surface area contributed by atoms with Crippen LogP contribution in [0, 0.1) is 11.6 Å². The number of nitrogens with two attached hydrogens (primary N) is 1. The minimum absolute atomic E-state index is 0.0443. The van der Waals surface area contributed by atoms with Crippen LogP contribution >= 0.6 is 23.4 Å². The van der Waals surface area contributed by atoms with Gasteiger partial charge >= 0.3 is 0 Å². The lowest BCUT2D eigenvalue weighted by atomic mass is 10.3. The molecular weight excluding hydrogens is 318 g/mol. The van der Waals surface area contributed by atoms with E-state index in [1.807, 2.05) is 0 Å². The average molecular weight is 329 g/mol. The van der Waals surface area contributed by atoms with Crippen LogP contribution in [0.3, 0.4) is 0 Å². The largest absolute Gasteiger partial charge is 0.398 e. The predicted octanol–water partition coefficient (Wildman–Crippen LogP) is 3.93. The fraction of sp³-hybridized carbons (Fsp3) is 0.0714. The van der Waals surface area contributed by atoms with E-state index < -0.39 is 17.5 Å². The van der Waals surface area contributed by atoms with Gasteiger partial charge in [0.15, 0.2) is 0 Å². The van der Waals surface area contributed by atoms with Crippen molar-refractivity contribution in [1.29, 1.82) is 0 Å². The third-order valence-electron chi connectivity index (χ3n) is 2.54. The van der Waals surface area contributed by atoms with Crippen molar-refractivity contribution in [3.63, 3.8) is 0 Å². The van der Waals surface area contributed by atoms with E-state index in [4.69, 9.17) is 17.3 Å². The second kappa shape index (κ2) is 6.78. The molecule has 7 heteroatoms. The monoisotopic (exact) mass is 328 g/mol. The van der Waals surface area contributed by atoms with Crippen LogP contribution in [0.15, 0.2) is 41.3 Å². The lowest BCUT2D eigenvalue weighted by Gasteiger charge is -2.08. The number of benzene rings is 2. The molecule has 2 aromatic rings. The summed E-state index contributed by atoms with van der Waals surface area (Å²) in [6.45, 7) is 0. The maximum absolute atomic E-state index is 13.4. The fourth-order valence-electron chi connectivity index (χ4n) is 1.57. The first kappa shape index (κ1) is 15.6. The van der Waals surface area contributed by atoms with Crippen molar-refractivity contribution in [2.24, 2.45) is 0 Å². The number of amides is 1. The first-order valence-electron chi connectivity index (χ1n) is 5.88. The van der Waals surface area contributed by atoms with Gasteiger partial charge in [-0.3, -0.25) is 4.79 Å². The minimum atomic E-state index is -0.820. The van der Waals surface area contributed by atoms with E-state index >= 15 is 0 Å². The number of anilines is 2. The summed E-state index contributed by atoms with van der Waals surface area (Å²) in [5.74, 6) is -1.89. The van der Waals surface area contributed by atoms with Gasteiger partial charge in [0.25, 0.3) is 0 Å². The molecule has 0 unspecified atom stereocenters. The highest BCUT2D eigenvalue weighted by Crippen LogP contribution is 2.27. The summed E-state index contributed by atoms with van der Waals surface area (Å²) in [6, 6.07) is 7.90. The first-order valence-corrected chi connectivity index (χ1v) is 7.25. The molecule has 0 aliphatic rings. The molecule has 0 aliphatic heterocycles. The Morgan fingerprint density at radius 1 is 1.24 bits per heavy atom. The van der Waals surface area contributed by atoms with Crippen LogP contribution in [0.25, 0.3) is 0 Å². The zero-order chi connectivity index (χ0) is 15.4. The fourth-order valence-corrected chi connectivity index (χ4v) is 2.50. The Bertz CT molecular complexity index is 682. The highest BCUT2D eigenvalue weighted by atomic mass is 35.5. The van der Waals surface area contributed by atoms with Gasteiger partial charge in [-0.2, -0.15) is 0 Å². The maximum Gasteiger partial charge on any atom is 0.234 e. The Labute approximate surface area is 129 Å². The molecule has 1 amide bonds. The van der Waals surface area contributed by atoms with E-state index in [1.54, 1.807) is 18.2 Å². The molecule has 0 saturated heterocycles. The van der Waals surface area contributed by atoms with E-state index in [-0.39, 0.29) is 11.4 Å². The molecule has 21 heavy (non-hydrogen) atoms. The lowest BCUT2D eigenvalue weighted by Crippen LogP contribution is -2.15. The highest BCUT2D eigenvalue weighted by molar-refractivity contribution is 8.00. The summed E-state index contributed by atoms with van der Waals surface area (Å²) < 4.78 is 26.1. The van der Waals surface area contributed by atoms with E-state index in [0.717, 1.165) is 6.07 Å². The smallest absolute Gasteiger partial charge is 0.234 e. The van der Waals surface area contributed by atoms with Crippen LogP contribution in [-0.4, -0.2) is 11.7 Å². The molecule has 0 heterocycles. The van der Waals surface area contributed by atoms with Crippen LogP contribution in [0.4, 0.5) is 20.2 Å². The molecule has 0 radical (unpaired) electrons. The summed E-state index contributed by atoms with van der Waals surface area (Å²) in [4.78, 5) is 12.4. The number of carbonyl (C=O) groups is 1. The molecule has 110 valence electrons. The van der Waals surface area contributed by atoms with Gasteiger partial charge in [0.05, 0.1) is 11.4 Å². The maximum atomic E-state index is 13.4. The van der Waals surface area contributed by atoms with Crippen molar-refractivity contribution in [3.05, 3.63) is 53.1 Å². The standard InChI is InChI=1S/C14H11ClF2N2OS/c15-8-1-4-13(11(18)5-8)21-7-14(20)19-12-3-2-9(16)6-10(12)17/h1-6H,7,18H2,(H,19,20). The van der Waals surface area contributed by atoms with Crippen molar-refractivity contribution >= 4 is 40.6 Å². The number of nitrogen functional groups attached to an aromatic ring is 1. The van der Waals surface area contributed by atoms with Gasteiger partial charge in [-0.05, 0) is 30.3 Å². The molecule has 3 N–H and O–H groups in total. The number of hydrogen-bond donors (Lipinski definition) is 2. The summed E-state index contributed by atoms with van der Waals surface area (Å²) in [6.07, 6.45) is 0. The summed E-state index contributed by atoms with van der Waals surface area (Å²) in [5.41, 5.74) is 6.16. The second-order valence-corrected chi connectivity index (χ2v) is 5.60. The van der Waals surface area contributed by atoms with E-state index in [2.05, 4.69) is 5.32 Å². The minimum Gasteiger partial charge on any atom is -0.398 e. The molecule has 0 spiro atoms. The number of halogens is 3. The van der Waals surface area contributed by atoms with Gasteiger partial charge in [-0.15, -0.1) is 11.8 Å². The number of hydrogen-bond acceptors (Lipinski definition) is 3. The Kier molecular flexibility index (Phi) is 5.03. The molecule has 2 rings (SSSR count). The Balaban J connectivity index is 1.96. The molecular formula is C14H11ClF2N2OS. The van der Waals surface area contributed by atoms with Crippen molar-refractivity contribution < 1.29 is 13.6 Å². The van der Waals surface area contributed by atoms with Crippen molar-refractivity contribution in [3.8, 4) is 0 Å². The van der Waals surface area contributed by atoms with E-state index in [1.165, 1.54) is 17.8 Å². The SMILES string of the molecule is Nc1cc(Cl)ccc1SCC(=O)Nc1ccc(F)cc1F. The van der Waals surface area contributed by atoms with E-state index in [0.29, 0.717) is 21.7 Å². The normalized spacial score (nSPS) is 10.4. The third kappa shape index (κ3) is 4.34. The molecule has 0 aliphatic carbocycles. The second-order valence-electron chi connectivity index (χ2n) is 4.14. The van der Waals surface area contributed by atoms with Crippen molar-refractivity contribution in [2.45, 2.75) is 4.90 Å². The molecule has 2 aromatic carbocycles. The molecule has 0 atom stereocenters. The predicted molar refractivity (Wildman–Crippen MR) is 81.6 cm³/mol. The summed E-state index contributed by atoms with van der Waals surface area (Å²) in [7, 11) is 0. The molecule has 3 nitrogen and oxygen atoms in total. The molecule has 0 saturated carbocycles. The van der Waals surface area contributed by atoms with Crippen molar-refractivity contribution in [1.82, 2.24) is 0 Å². The van der Waals surface area contributed by atoms with Crippen LogP contribution in [0.2, 0.25) is 5.02 Å². The van der Waals surface area contributed by atoms with Gasteiger partial charge in [-0.25, -0.2) is 8.78 Å². The van der Waals surface area contributed by atoms with Crippen LogP contribution in [0.5, 0.6) is 0 Å². The Morgan fingerprint density at radius 3 is 2.67 bits per heavy atom. The Morgan fingerprint density at radius 2 is 2.00 bits per heavy atom. The van der Waals surface area contributed by atoms with Crippen LogP contribution < -0.4 is 11.1 Å². The molecule has 0 fully saturated rings. The summed E-state index contributed by atoms with van der Waals surface area (Å²) in [5, 5.41) is 2.88. The topological polar surface area (TPSA) is 55.1 Å². The van der Waals surface area contributed by atoms with Crippen LogP contribution in [0.1, 0.15) is 0 Å². The zero-order valence-electron chi connectivity index (χ0n) is 10.7. The number of carbonyl (C=O) groups excluding carboxylic acids is 1. The van der Waals surface area contributed by atoms with Crippen molar-refractivity contribution in [2.75, 3.05) is 16.8 Å². The van der Waals surface area contributed by atoms with Gasteiger partial charge < -0.3 is 11.1 Å². The first-order chi connectivity index (χ1) is 9.95. The van der Waals surface area contributed by atoms with Gasteiger partial charge in [-0.1, -0.05) is 11.6 Å². The highest BCUT2D eigenvalue weighted by Gasteiger charge is 2.09.